The summed E-state index contributed by atoms with van der Waals surface area (Å²) in [5, 5.41) is 5.26. The number of thiazole rings is 1. The number of ether oxygens (including phenoxy) is 1. The number of carbonyl (C=O) groups excluding carboxylic acids is 1. The zero-order valence-electron chi connectivity index (χ0n) is 12.6. The Balaban J connectivity index is 1.60. The van der Waals surface area contributed by atoms with E-state index in [9.17, 15) is 4.79 Å². The van der Waals surface area contributed by atoms with E-state index in [4.69, 9.17) is 4.74 Å². The zero-order chi connectivity index (χ0) is 16.2. The molecule has 1 N–H and O–H groups in total. The number of amides is 1. The number of aryl methyl sites for hydroxylation is 2. The van der Waals surface area contributed by atoms with Crippen molar-refractivity contribution in [1.82, 2.24) is 13.7 Å². The molecule has 1 amide bonds. The fourth-order valence-electron chi connectivity index (χ4n) is 1.82. The third-order valence-corrected chi connectivity index (χ3v) is 4.61. The Hall–Kier alpha value is -2.32. The molecule has 2 aromatic heterocycles. The highest BCUT2D eigenvalue weighted by Gasteiger charge is 2.09. The van der Waals surface area contributed by atoms with Crippen LogP contribution in [0.5, 0.6) is 5.75 Å². The minimum atomic E-state index is -0.189. The lowest BCUT2D eigenvalue weighted by Gasteiger charge is -2.06. The van der Waals surface area contributed by atoms with E-state index in [0.717, 1.165) is 17.1 Å². The van der Waals surface area contributed by atoms with Crippen LogP contribution in [0.1, 0.15) is 27.4 Å². The van der Waals surface area contributed by atoms with Crippen molar-refractivity contribution in [3.8, 4) is 5.75 Å². The van der Waals surface area contributed by atoms with Crippen LogP contribution in [0.4, 0.5) is 5.13 Å². The van der Waals surface area contributed by atoms with E-state index in [1.807, 2.05) is 19.2 Å². The largest absolute Gasteiger partial charge is 0.487 e. The third-order valence-electron chi connectivity index (χ3n) is 3.08. The number of carbonyl (C=O) groups is 1. The minimum absolute atomic E-state index is 0.189. The summed E-state index contributed by atoms with van der Waals surface area (Å²) in [5.41, 5.74) is 3.15. The fraction of sp³-hybridized carbons (Fsp3) is 0.200. The Kier molecular flexibility index (Phi) is 4.63. The SMILES string of the molecule is Cc1csc(NC(=O)c2ccc(OCc3nsnc3C)cc2)n1. The Morgan fingerprint density at radius 3 is 2.61 bits per heavy atom. The summed E-state index contributed by atoms with van der Waals surface area (Å²) < 4.78 is 13.9. The third kappa shape index (κ3) is 3.91. The van der Waals surface area contributed by atoms with E-state index < -0.39 is 0 Å². The molecule has 0 aliphatic heterocycles. The number of nitrogens with zero attached hydrogens (tertiary/aromatic N) is 3. The zero-order valence-corrected chi connectivity index (χ0v) is 14.2. The highest BCUT2D eigenvalue weighted by molar-refractivity contribution is 7.13. The molecule has 23 heavy (non-hydrogen) atoms. The van der Waals surface area contributed by atoms with Gasteiger partial charge in [-0.05, 0) is 38.1 Å². The van der Waals surface area contributed by atoms with Gasteiger partial charge < -0.3 is 4.74 Å². The van der Waals surface area contributed by atoms with Crippen LogP contribution in [0.15, 0.2) is 29.6 Å². The van der Waals surface area contributed by atoms with Crippen molar-refractivity contribution < 1.29 is 9.53 Å². The summed E-state index contributed by atoms with van der Waals surface area (Å²) in [6.45, 7) is 4.15. The second kappa shape index (κ2) is 6.84. The molecule has 0 saturated carbocycles. The molecule has 2 heterocycles. The van der Waals surface area contributed by atoms with Crippen molar-refractivity contribution in [3.63, 3.8) is 0 Å². The summed E-state index contributed by atoms with van der Waals surface area (Å²) in [4.78, 5) is 16.3. The maximum absolute atomic E-state index is 12.1. The maximum atomic E-state index is 12.1. The Morgan fingerprint density at radius 1 is 1.22 bits per heavy atom. The highest BCUT2D eigenvalue weighted by Crippen LogP contribution is 2.18. The van der Waals surface area contributed by atoms with Gasteiger partial charge in [-0.15, -0.1) is 11.3 Å². The van der Waals surface area contributed by atoms with Crippen molar-refractivity contribution in [1.29, 1.82) is 0 Å². The molecule has 0 aliphatic rings. The quantitative estimate of drug-likeness (QED) is 0.766. The summed E-state index contributed by atoms with van der Waals surface area (Å²) in [6.07, 6.45) is 0. The molecule has 0 saturated heterocycles. The number of benzene rings is 1. The van der Waals surface area contributed by atoms with Crippen molar-refractivity contribution in [2.24, 2.45) is 0 Å². The van der Waals surface area contributed by atoms with Crippen LogP contribution < -0.4 is 10.1 Å². The molecular formula is C15H14N4O2S2. The Bertz CT molecular complexity index is 811. The van der Waals surface area contributed by atoms with Gasteiger partial charge in [0.1, 0.15) is 18.1 Å². The van der Waals surface area contributed by atoms with Gasteiger partial charge in [0.05, 0.1) is 23.1 Å². The van der Waals surface area contributed by atoms with Crippen LogP contribution in [0.25, 0.3) is 0 Å². The standard InChI is InChI=1S/C15H14N4O2S2/c1-9-8-22-15(16-9)17-14(20)11-3-5-12(6-4-11)21-7-13-10(2)18-23-19-13/h3-6,8H,7H2,1-2H3,(H,16,17,20). The van der Waals surface area contributed by atoms with Crippen molar-refractivity contribution >= 4 is 34.1 Å². The van der Waals surface area contributed by atoms with Gasteiger partial charge in [-0.1, -0.05) is 0 Å². The molecule has 0 atom stereocenters. The Labute approximate surface area is 141 Å². The van der Waals surface area contributed by atoms with Crippen LogP contribution in [-0.2, 0) is 6.61 Å². The molecule has 0 unspecified atom stereocenters. The van der Waals surface area contributed by atoms with Gasteiger partial charge in [0.25, 0.3) is 5.91 Å². The van der Waals surface area contributed by atoms with Gasteiger partial charge in [-0.2, -0.15) is 8.75 Å². The van der Waals surface area contributed by atoms with E-state index >= 15 is 0 Å². The number of hydrogen-bond donors (Lipinski definition) is 1. The second-order valence-corrected chi connectivity index (χ2v) is 6.24. The molecule has 3 aromatic rings. The number of rotatable bonds is 5. The van der Waals surface area contributed by atoms with Crippen LogP contribution >= 0.6 is 23.1 Å². The molecule has 6 nitrogen and oxygen atoms in total. The first-order valence-corrected chi connectivity index (χ1v) is 8.47. The lowest BCUT2D eigenvalue weighted by atomic mass is 10.2. The van der Waals surface area contributed by atoms with Crippen LogP contribution in [-0.4, -0.2) is 19.6 Å². The smallest absolute Gasteiger partial charge is 0.257 e. The van der Waals surface area contributed by atoms with E-state index in [2.05, 4.69) is 19.0 Å². The van der Waals surface area contributed by atoms with Crippen molar-refractivity contribution in [2.75, 3.05) is 5.32 Å². The second-order valence-electron chi connectivity index (χ2n) is 4.86. The van der Waals surface area contributed by atoms with Gasteiger partial charge in [-0.25, -0.2) is 4.98 Å². The number of hydrogen-bond acceptors (Lipinski definition) is 7. The van der Waals surface area contributed by atoms with E-state index in [1.54, 1.807) is 24.3 Å². The van der Waals surface area contributed by atoms with E-state index in [1.165, 1.54) is 23.1 Å². The van der Waals surface area contributed by atoms with Gasteiger partial charge in [0.15, 0.2) is 5.13 Å². The fourth-order valence-corrected chi connectivity index (χ4v) is 3.05. The summed E-state index contributed by atoms with van der Waals surface area (Å²) in [6, 6.07) is 6.96. The summed E-state index contributed by atoms with van der Waals surface area (Å²) >= 11 is 2.58. The van der Waals surface area contributed by atoms with Gasteiger partial charge >= 0.3 is 0 Å². The van der Waals surface area contributed by atoms with Crippen LogP contribution in [0.3, 0.4) is 0 Å². The molecule has 0 radical (unpaired) electrons. The monoisotopic (exact) mass is 346 g/mol. The molecular weight excluding hydrogens is 332 g/mol. The molecule has 0 bridgehead atoms. The normalized spacial score (nSPS) is 10.5. The van der Waals surface area contributed by atoms with Gasteiger partial charge in [0.2, 0.25) is 0 Å². The average molecular weight is 346 g/mol. The topological polar surface area (TPSA) is 77.0 Å². The molecule has 0 aliphatic carbocycles. The molecule has 8 heteroatoms. The first kappa shape index (κ1) is 15.6. The van der Waals surface area contributed by atoms with Crippen molar-refractivity contribution in [2.45, 2.75) is 20.5 Å². The highest BCUT2D eigenvalue weighted by atomic mass is 32.1. The molecule has 118 valence electrons. The predicted octanol–water partition coefficient (Wildman–Crippen LogP) is 3.44. The minimum Gasteiger partial charge on any atom is -0.487 e. The van der Waals surface area contributed by atoms with Crippen LogP contribution in [0.2, 0.25) is 0 Å². The van der Waals surface area contributed by atoms with Gasteiger partial charge in [-0.3, -0.25) is 10.1 Å². The Morgan fingerprint density at radius 2 is 2.00 bits per heavy atom. The molecule has 0 spiro atoms. The first-order chi connectivity index (χ1) is 11.1. The molecule has 0 fully saturated rings. The van der Waals surface area contributed by atoms with Crippen LogP contribution in [0, 0.1) is 13.8 Å². The number of aromatic nitrogens is 3. The number of anilines is 1. The lowest BCUT2D eigenvalue weighted by molar-refractivity contribution is 0.102. The average Bonchev–Trinajstić information content (AvgIpc) is 3.14. The van der Waals surface area contributed by atoms with E-state index in [0.29, 0.717) is 23.1 Å². The summed E-state index contributed by atoms with van der Waals surface area (Å²) in [7, 11) is 0. The number of nitrogens with one attached hydrogen (secondary N) is 1. The predicted molar refractivity (Wildman–Crippen MR) is 90.2 cm³/mol. The molecule has 3 rings (SSSR count). The van der Waals surface area contributed by atoms with E-state index in [-0.39, 0.29) is 5.91 Å². The molecule has 1 aromatic carbocycles. The lowest BCUT2D eigenvalue weighted by Crippen LogP contribution is -2.11. The summed E-state index contributed by atoms with van der Waals surface area (Å²) in [5.74, 6) is 0.490. The maximum Gasteiger partial charge on any atom is 0.257 e. The first-order valence-electron chi connectivity index (χ1n) is 6.86. The van der Waals surface area contributed by atoms with Gasteiger partial charge in [0, 0.05) is 10.9 Å². The van der Waals surface area contributed by atoms with Crippen molar-refractivity contribution in [3.05, 3.63) is 52.3 Å².